The number of fused-ring (bicyclic) bond motifs is 1. The Morgan fingerprint density at radius 1 is 0.685 bits per heavy atom. The molecule has 1 aromatic heterocycles. The number of methoxy groups -OCH3 is 1. The van der Waals surface area contributed by atoms with Crippen LogP contribution in [0.1, 0.15) is 13.8 Å². The second-order valence-electron chi connectivity index (χ2n) is 13.3. The Balaban J connectivity index is 1.41. The lowest BCUT2D eigenvalue weighted by Gasteiger charge is -2.46. The molecule has 0 aliphatic carbocycles. The van der Waals surface area contributed by atoms with Crippen LogP contribution in [0.3, 0.4) is 0 Å². The van der Waals surface area contributed by atoms with Gasteiger partial charge in [-0.15, -0.1) is 0 Å². The molecule has 3 aromatic rings. The van der Waals surface area contributed by atoms with E-state index in [4.69, 9.17) is 37.6 Å². The van der Waals surface area contributed by atoms with Crippen LogP contribution in [-0.2, 0) is 23.7 Å². The van der Waals surface area contributed by atoms with Gasteiger partial charge < -0.3 is 93.7 Å². The summed E-state index contributed by atoms with van der Waals surface area (Å²) < 4.78 is 45.6. The van der Waals surface area contributed by atoms with Gasteiger partial charge in [0.05, 0.1) is 25.9 Å². The first kappa shape index (κ1) is 39.8. The van der Waals surface area contributed by atoms with E-state index in [1.54, 1.807) is 0 Å². The normalized spacial score (nSPS) is 37.3. The minimum Gasteiger partial charge on any atom is -0.508 e. The van der Waals surface area contributed by atoms with Gasteiger partial charge in [-0.3, -0.25) is 4.79 Å². The molecule has 0 amide bonds. The highest BCUT2D eigenvalue weighted by Gasteiger charge is 2.52. The van der Waals surface area contributed by atoms with E-state index in [2.05, 4.69) is 0 Å². The first-order valence-corrected chi connectivity index (χ1v) is 16.8. The van der Waals surface area contributed by atoms with Crippen molar-refractivity contribution in [3.63, 3.8) is 0 Å². The molecule has 54 heavy (non-hydrogen) atoms. The van der Waals surface area contributed by atoms with Gasteiger partial charge in [-0.1, -0.05) is 0 Å². The molecule has 6 rings (SSSR count). The van der Waals surface area contributed by atoms with Crippen molar-refractivity contribution in [2.24, 2.45) is 0 Å². The van der Waals surface area contributed by atoms with Crippen LogP contribution in [0.15, 0.2) is 39.5 Å². The standard InChI is InChI=1S/C34H42O20/c1-10-20(38)24(42)27(45)32(49-10)48-9-18-22(40)26(44)31(54-33-28(46)25(43)21(39)11(2)50-33)34(52-18)53-30-23(41)19-15(37)7-13(35)8-17(19)51-29(30)12-4-5-14(36)16(6-12)47-3/h4-8,10-11,18,20-22,24-28,31-40,42-46H,9H2,1-3H3/t10-,11+,18-,20+,21-,22-,24-,25+,26+,27-,28+,31-,32-,33-,34+/m1/s1. The predicted molar refractivity (Wildman–Crippen MR) is 176 cm³/mol. The molecule has 15 atom stereocenters. The lowest BCUT2D eigenvalue weighted by atomic mass is 9.97. The molecule has 2 aromatic carbocycles. The molecule has 11 N–H and O–H groups in total. The summed E-state index contributed by atoms with van der Waals surface area (Å²) in [7, 11) is 1.26. The number of rotatable bonds is 9. The number of aromatic hydroxyl groups is 3. The van der Waals surface area contributed by atoms with Crippen molar-refractivity contribution in [1.82, 2.24) is 0 Å². The van der Waals surface area contributed by atoms with Crippen molar-refractivity contribution in [3.8, 4) is 40.1 Å². The largest absolute Gasteiger partial charge is 0.508 e. The summed E-state index contributed by atoms with van der Waals surface area (Å²) in [6.07, 6.45) is -24.9. The average Bonchev–Trinajstić information content (AvgIpc) is 3.13. The maximum atomic E-state index is 14.2. The van der Waals surface area contributed by atoms with Crippen LogP contribution in [0.5, 0.6) is 28.7 Å². The molecule has 20 nitrogen and oxygen atoms in total. The van der Waals surface area contributed by atoms with Crippen LogP contribution >= 0.6 is 0 Å². The van der Waals surface area contributed by atoms with Crippen LogP contribution in [0.4, 0.5) is 0 Å². The number of aliphatic hydroxyl groups is 8. The molecule has 3 aliphatic rings. The van der Waals surface area contributed by atoms with E-state index < -0.39 is 127 Å². The topological polar surface area (TPSA) is 317 Å². The third-order valence-electron chi connectivity index (χ3n) is 9.57. The number of phenolic OH excluding ortho intramolecular Hbond substituents is 3. The summed E-state index contributed by atoms with van der Waals surface area (Å²) in [6, 6.07) is 5.69. The molecule has 0 saturated carbocycles. The molecular weight excluding hydrogens is 728 g/mol. The second-order valence-corrected chi connectivity index (χ2v) is 13.3. The van der Waals surface area contributed by atoms with Crippen molar-refractivity contribution in [2.75, 3.05) is 13.7 Å². The summed E-state index contributed by atoms with van der Waals surface area (Å²) in [4.78, 5) is 14.2. The predicted octanol–water partition coefficient (Wildman–Crippen LogP) is -2.53. The summed E-state index contributed by atoms with van der Waals surface area (Å²) in [6.45, 7) is 2.09. The smallest absolute Gasteiger partial charge is 0.239 e. The van der Waals surface area contributed by atoms with Gasteiger partial charge >= 0.3 is 0 Å². The van der Waals surface area contributed by atoms with Crippen LogP contribution in [0.25, 0.3) is 22.3 Å². The fraction of sp³-hybridized carbons (Fsp3) is 0.559. The minimum absolute atomic E-state index is 0.0468. The molecule has 3 fully saturated rings. The van der Waals surface area contributed by atoms with E-state index in [0.717, 1.165) is 12.1 Å². The molecule has 0 radical (unpaired) electrons. The highest BCUT2D eigenvalue weighted by Crippen LogP contribution is 2.40. The van der Waals surface area contributed by atoms with Gasteiger partial charge in [0.2, 0.25) is 17.5 Å². The molecule has 0 unspecified atom stereocenters. The van der Waals surface area contributed by atoms with E-state index in [0.29, 0.717) is 0 Å². The van der Waals surface area contributed by atoms with Gasteiger partial charge in [0.25, 0.3) is 0 Å². The van der Waals surface area contributed by atoms with Gasteiger partial charge in [-0.25, -0.2) is 0 Å². The maximum Gasteiger partial charge on any atom is 0.239 e. The first-order valence-electron chi connectivity index (χ1n) is 16.8. The number of benzene rings is 2. The van der Waals surface area contributed by atoms with Crippen molar-refractivity contribution >= 4 is 11.0 Å². The summed E-state index contributed by atoms with van der Waals surface area (Å²) in [5.41, 5.74) is -1.31. The lowest BCUT2D eigenvalue weighted by Crippen LogP contribution is -2.65. The Bertz CT molecular complexity index is 1850. The maximum absolute atomic E-state index is 14.2. The third-order valence-corrected chi connectivity index (χ3v) is 9.57. The number of aliphatic hydroxyl groups excluding tert-OH is 8. The van der Waals surface area contributed by atoms with E-state index in [9.17, 15) is 61.0 Å². The van der Waals surface area contributed by atoms with Crippen LogP contribution < -0.4 is 14.9 Å². The van der Waals surface area contributed by atoms with E-state index >= 15 is 0 Å². The number of hydrogen-bond acceptors (Lipinski definition) is 20. The van der Waals surface area contributed by atoms with Crippen LogP contribution in [0, 0.1) is 0 Å². The minimum atomic E-state index is -2.02. The highest BCUT2D eigenvalue weighted by atomic mass is 16.8. The van der Waals surface area contributed by atoms with E-state index in [-0.39, 0.29) is 28.4 Å². The fourth-order valence-corrected chi connectivity index (χ4v) is 6.40. The van der Waals surface area contributed by atoms with Gasteiger partial charge in [0.1, 0.15) is 77.4 Å². The lowest BCUT2D eigenvalue weighted by molar-refractivity contribution is -0.360. The van der Waals surface area contributed by atoms with Crippen molar-refractivity contribution < 1.29 is 93.7 Å². The quantitative estimate of drug-likeness (QED) is 0.107. The van der Waals surface area contributed by atoms with Gasteiger partial charge in [-0.05, 0) is 32.0 Å². The Hall–Kier alpha value is -3.87. The third kappa shape index (κ3) is 7.41. The number of phenols is 3. The highest BCUT2D eigenvalue weighted by molar-refractivity contribution is 5.88. The summed E-state index contributed by atoms with van der Waals surface area (Å²) in [5.74, 6) is -2.63. The molecule has 20 heteroatoms. The molecule has 3 saturated heterocycles. The Labute approximate surface area is 305 Å². The molecule has 298 valence electrons. The Morgan fingerprint density at radius 2 is 1.31 bits per heavy atom. The SMILES string of the molecule is COc1cc(-c2oc3cc(O)cc(O)c3c(=O)c2O[C@@H]2O[C@H](CO[C@@H]3O[C@H](C)[C@H](O)[C@@H](O)[C@H]3O)[C@@H](O)[C@H](O)[C@H]2O[C@H]2O[C@@H](C)[C@@H](O)[C@H](O)[C@@H]2O)ccc1O. The Kier molecular flexibility index (Phi) is 11.6. The second kappa shape index (κ2) is 15.7. The number of ether oxygens (including phenoxy) is 7. The monoisotopic (exact) mass is 770 g/mol. The van der Waals surface area contributed by atoms with Gasteiger partial charge in [-0.2, -0.15) is 0 Å². The molecule has 0 spiro atoms. The van der Waals surface area contributed by atoms with Crippen molar-refractivity contribution in [2.45, 2.75) is 106 Å². The zero-order chi connectivity index (χ0) is 39.3. The van der Waals surface area contributed by atoms with E-state index in [1.165, 1.54) is 39.2 Å². The van der Waals surface area contributed by atoms with Crippen LogP contribution in [-0.4, -0.2) is 162 Å². The van der Waals surface area contributed by atoms with Crippen molar-refractivity contribution in [3.05, 3.63) is 40.6 Å². The van der Waals surface area contributed by atoms with Crippen LogP contribution in [0.2, 0.25) is 0 Å². The molecule has 3 aliphatic heterocycles. The summed E-state index contributed by atoms with van der Waals surface area (Å²) in [5, 5.41) is 115. The number of hydrogen-bond donors (Lipinski definition) is 11. The summed E-state index contributed by atoms with van der Waals surface area (Å²) >= 11 is 0. The zero-order valence-electron chi connectivity index (χ0n) is 28.8. The van der Waals surface area contributed by atoms with E-state index in [1.807, 2.05) is 0 Å². The first-order chi connectivity index (χ1) is 25.5. The van der Waals surface area contributed by atoms with Gasteiger partial charge in [0, 0.05) is 17.7 Å². The fourth-order valence-electron chi connectivity index (χ4n) is 6.40. The zero-order valence-corrected chi connectivity index (χ0v) is 28.8. The molecule has 0 bridgehead atoms. The Morgan fingerprint density at radius 3 is 1.96 bits per heavy atom. The van der Waals surface area contributed by atoms with Crippen molar-refractivity contribution in [1.29, 1.82) is 0 Å². The average molecular weight is 771 g/mol. The molecule has 4 heterocycles. The van der Waals surface area contributed by atoms with Gasteiger partial charge in [0.15, 0.2) is 35.9 Å². The molecular formula is C34H42O20.